The number of aromatic nitrogens is 4. The van der Waals surface area contributed by atoms with E-state index < -0.39 is 0 Å². The third-order valence-corrected chi connectivity index (χ3v) is 6.29. The first kappa shape index (κ1) is 19.4. The van der Waals surface area contributed by atoms with Gasteiger partial charge in [0.05, 0.1) is 5.57 Å². The van der Waals surface area contributed by atoms with Crippen LogP contribution in [0.3, 0.4) is 0 Å². The van der Waals surface area contributed by atoms with Gasteiger partial charge in [0.2, 0.25) is 0 Å². The van der Waals surface area contributed by atoms with Gasteiger partial charge in [-0.25, -0.2) is 9.97 Å². The second-order valence-corrected chi connectivity index (χ2v) is 8.18. The third kappa shape index (κ3) is 2.80. The van der Waals surface area contributed by atoms with Crippen LogP contribution in [0.1, 0.15) is 33.5 Å². The van der Waals surface area contributed by atoms with E-state index >= 15 is 0 Å². The normalized spacial score (nSPS) is 13.3. The average Bonchev–Trinajstić information content (AvgIpc) is 3.43. The minimum atomic E-state index is -0.256. The number of fused-ring (bicyclic) bond motifs is 3. The van der Waals surface area contributed by atoms with Crippen LogP contribution in [0.5, 0.6) is 0 Å². The fourth-order valence-corrected chi connectivity index (χ4v) is 4.60. The van der Waals surface area contributed by atoms with Gasteiger partial charge in [-0.3, -0.25) is 9.59 Å². The first-order valence-electron chi connectivity index (χ1n) is 10.9. The number of nitrogens with zero attached hydrogens (tertiary/aromatic N) is 4. The van der Waals surface area contributed by atoms with Crippen molar-refractivity contribution in [2.45, 2.75) is 13.5 Å². The molecule has 6 rings (SSSR count). The van der Waals surface area contributed by atoms with Gasteiger partial charge in [0.15, 0.2) is 22.9 Å². The molecule has 6 nitrogen and oxygen atoms in total. The van der Waals surface area contributed by atoms with Gasteiger partial charge in [-0.15, -0.1) is 0 Å². The monoisotopic (exact) mass is 432 g/mol. The first-order valence-corrected chi connectivity index (χ1v) is 10.9. The molecule has 0 spiro atoms. The summed E-state index contributed by atoms with van der Waals surface area (Å²) in [6, 6.07) is 21.3. The van der Waals surface area contributed by atoms with E-state index in [0.29, 0.717) is 29.1 Å². The zero-order valence-electron chi connectivity index (χ0n) is 18.2. The van der Waals surface area contributed by atoms with Crippen molar-refractivity contribution in [2.24, 2.45) is 7.05 Å². The number of allylic oxidation sites excluding steroid dienone is 1. The fraction of sp³-hybridized carbons (Fsp3) is 0.111. The summed E-state index contributed by atoms with van der Waals surface area (Å²) in [4.78, 5) is 35.9. The molecule has 0 N–H and O–H groups in total. The Labute approximate surface area is 189 Å². The number of Topliss-reactive ketones (excluding diaryl/α,β-unsaturated/α-hetero) is 2. The predicted octanol–water partition coefficient (Wildman–Crippen LogP) is 5.07. The molecule has 2 aromatic heterocycles. The third-order valence-electron chi connectivity index (χ3n) is 6.29. The molecule has 33 heavy (non-hydrogen) atoms. The summed E-state index contributed by atoms with van der Waals surface area (Å²) >= 11 is 0. The van der Waals surface area contributed by atoms with E-state index in [1.807, 2.05) is 89.8 Å². The summed E-state index contributed by atoms with van der Waals surface area (Å²) in [5, 5.41) is 1.88. The Morgan fingerprint density at radius 2 is 1.42 bits per heavy atom. The molecule has 0 saturated carbocycles. The molecule has 2 heterocycles. The van der Waals surface area contributed by atoms with Crippen LogP contribution in [0.2, 0.25) is 0 Å². The molecule has 3 aromatic carbocycles. The summed E-state index contributed by atoms with van der Waals surface area (Å²) in [5.41, 5.74) is 3.50. The van der Waals surface area contributed by atoms with E-state index in [2.05, 4.69) is 0 Å². The van der Waals surface area contributed by atoms with E-state index in [9.17, 15) is 9.59 Å². The molecule has 0 fully saturated rings. The maximum absolute atomic E-state index is 13.2. The average molecular weight is 432 g/mol. The zero-order valence-corrected chi connectivity index (χ0v) is 18.2. The Kier molecular flexibility index (Phi) is 4.17. The Balaban J connectivity index is 1.48. The Hall–Kier alpha value is -4.32. The lowest BCUT2D eigenvalue weighted by Gasteiger charge is -2.03. The molecule has 6 heteroatoms. The number of carbonyl (C=O) groups excluding carboxylic acids is 2. The number of benzene rings is 3. The smallest absolute Gasteiger partial charge is 0.197 e. The van der Waals surface area contributed by atoms with E-state index in [0.717, 1.165) is 27.8 Å². The van der Waals surface area contributed by atoms with Crippen LogP contribution in [-0.2, 0) is 13.6 Å². The molecule has 0 radical (unpaired) electrons. The van der Waals surface area contributed by atoms with Crippen LogP contribution in [0.25, 0.3) is 39.5 Å². The number of carbonyl (C=O) groups is 2. The summed E-state index contributed by atoms with van der Waals surface area (Å²) in [5.74, 6) is 0.864. The van der Waals surface area contributed by atoms with Crippen molar-refractivity contribution in [1.82, 2.24) is 19.1 Å². The van der Waals surface area contributed by atoms with Gasteiger partial charge in [0, 0.05) is 30.3 Å². The maximum Gasteiger partial charge on any atom is 0.197 e. The second kappa shape index (κ2) is 7.10. The number of ketones is 2. The standard InChI is InChI=1S/C27H20N4O2/c1-3-31-22(28-26-27(31)29-25(30(26)2)16-9-5-4-6-10-16)15-21-23(32)19-13-17-11-7-8-12-18(17)14-20(19)24(21)33/h4-15H,3H2,1-2H3. The van der Waals surface area contributed by atoms with Crippen LogP contribution in [-0.4, -0.2) is 30.7 Å². The first-order chi connectivity index (χ1) is 16.1. The van der Waals surface area contributed by atoms with Crippen molar-refractivity contribution >= 4 is 39.7 Å². The fourth-order valence-electron chi connectivity index (χ4n) is 4.60. The van der Waals surface area contributed by atoms with Gasteiger partial charge in [-0.1, -0.05) is 54.6 Å². The summed E-state index contributed by atoms with van der Waals surface area (Å²) in [6.45, 7) is 2.61. The van der Waals surface area contributed by atoms with Gasteiger partial charge >= 0.3 is 0 Å². The van der Waals surface area contributed by atoms with Crippen molar-refractivity contribution < 1.29 is 9.59 Å². The Morgan fingerprint density at radius 3 is 2.03 bits per heavy atom. The highest BCUT2D eigenvalue weighted by Gasteiger charge is 2.34. The largest absolute Gasteiger partial charge is 0.310 e. The molecule has 1 aliphatic carbocycles. The minimum absolute atomic E-state index is 0.147. The highest BCUT2D eigenvalue weighted by Crippen LogP contribution is 2.32. The molecule has 1 aliphatic rings. The maximum atomic E-state index is 13.2. The van der Waals surface area contributed by atoms with Crippen LogP contribution in [0.15, 0.2) is 72.3 Å². The minimum Gasteiger partial charge on any atom is -0.310 e. The number of hydrogen-bond donors (Lipinski definition) is 0. The topological polar surface area (TPSA) is 69.8 Å². The van der Waals surface area contributed by atoms with Gasteiger partial charge in [-0.05, 0) is 35.9 Å². The molecule has 0 amide bonds. The van der Waals surface area contributed by atoms with Crippen molar-refractivity contribution in [3.63, 3.8) is 0 Å². The van der Waals surface area contributed by atoms with Crippen LogP contribution >= 0.6 is 0 Å². The van der Waals surface area contributed by atoms with E-state index in [4.69, 9.17) is 9.97 Å². The molecule has 0 atom stereocenters. The SMILES string of the molecule is CCn1c(C=C2C(=O)c3cc4ccccc4cc3C2=O)nc2c1nc(-c1ccccc1)n2C. The van der Waals surface area contributed by atoms with Crippen molar-refractivity contribution in [1.29, 1.82) is 0 Å². The Morgan fingerprint density at radius 1 is 0.818 bits per heavy atom. The van der Waals surface area contributed by atoms with E-state index in [1.165, 1.54) is 0 Å². The lowest BCUT2D eigenvalue weighted by atomic mass is 10.0. The van der Waals surface area contributed by atoms with Crippen molar-refractivity contribution in [2.75, 3.05) is 0 Å². The van der Waals surface area contributed by atoms with Gasteiger partial charge in [0.1, 0.15) is 11.6 Å². The molecule has 0 aliphatic heterocycles. The summed E-state index contributed by atoms with van der Waals surface area (Å²) in [7, 11) is 1.93. The lowest BCUT2D eigenvalue weighted by molar-refractivity contribution is 0.0990. The van der Waals surface area contributed by atoms with Crippen LogP contribution in [0, 0.1) is 0 Å². The quantitative estimate of drug-likeness (QED) is 0.295. The summed E-state index contributed by atoms with van der Waals surface area (Å²) < 4.78 is 3.88. The number of aryl methyl sites for hydroxylation is 2. The lowest BCUT2D eigenvalue weighted by Crippen LogP contribution is -2.04. The molecule has 160 valence electrons. The van der Waals surface area contributed by atoms with Gasteiger partial charge in [-0.2, -0.15) is 0 Å². The van der Waals surface area contributed by atoms with Crippen molar-refractivity contribution in [3.8, 4) is 11.4 Å². The number of rotatable bonds is 3. The van der Waals surface area contributed by atoms with E-state index in [1.54, 1.807) is 6.08 Å². The number of hydrogen-bond acceptors (Lipinski definition) is 4. The van der Waals surface area contributed by atoms with Crippen LogP contribution in [0.4, 0.5) is 0 Å². The van der Waals surface area contributed by atoms with E-state index in [-0.39, 0.29) is 17.1 Å². The molecular formula is C27H20N4O2. The molecule has 0 bridgehead atoms. The number of imidazole rings is 2. The molecule has 5 aromatic rings. The molecule has 0 saturated heterocycles. The van der Waals surface area contributed by atoms with Gasteiger partial charge in [0.25, 0.3) is 0 Å². The van der Waals surface area contributed by atoms with Crippen LogP contribution < -0.4 is 0 Å². The molecule has 0 unspecified atom stereocenters. The van der Waals surface area contributed by atoms with Crippen molar-refractivity contribution in [3.05, 3.63) is 89.3 Å². The predicted molar refractivity (Wildman–Crippen MR) is 128 cm³/mol. The highest BCUT2D eigenvalue weighted by atomic mass is 16.2. The second-order valence-electron chi connectivity index (χ2n) is 8.18. The Bertz CT molecular complexity index is 1580. The molecular weight excluding hydrogens is 412 g/mol. The summed E-state index contributed by atoms with van der Waals surface area (Å²) in [6.07, 6.45) is 1.61. The zero-order chi connectivity index (χ0) is 22.7. The van der Waals surface area contributed by atoms with Gasteiger partial charge < -0.3 is 9.13 Å². The highest BCUT2D eigenvalue weighted by molar-refractivity contribution is 6.42.